The maximum absolute atomic E-state index is 11.4. The first-order chi connectivity index (χ1) is 10.1. The fraction of sp³-hybridized carbons (Fsp3) is 0.267. The number of hydrogen-bond donors (Lipinski definition) is 0. The number of aliphatic imine (C=N–C) groups is 1. The second kappa shape index (κ2) is 6.81. The van der Waals surface area contributed by atoms with Crippen molar-refractivity contribution in [1.29, 1.82) is 0 Å². The Balaban J connectivity index is 2.01. The molecule has 110 valence electrons. The van der Waals surface area contributed by atoms with Crippen molar-refractivity contribution < 1.29 is 23.8 Å². The van der Waals surface area contributed by atoms with Gasteiger partial charge in [-0.25, -0.2) is 14.6 Å². The number of rotatable bonds is 5. The maximum atomic E-state index is 11.4. The molecule has 0 aromatic heterocycles. The molecule has 0 radical (unpaired) electrons. The zero-order chi connectivity index (χ0) is 15.2. The molecule has 0 saturated heterocycles. The van der Waals surface area contributed by atoms with Gasteiger partial charge in [-0.3, -0.25) is 0 Å². The summed E-state index contributed by atoms with van der Waals surface area (Å²) in [5.74, 6) is -0.189. The van der Waals surface area contributed by atoms with Gasteiger partial charge in [0.2, 0.25) is 0 Å². The number of cyclic esters (lactones) is 1. The van der Waals surface area contributed by atoms with Crippen LogP contribution in [0, 0.1) is 0 Å². The van der Waals surface area contributed by atoms with Crippen molar-refractivity contribution in [2.24, 2.45) is 4.99 Å². The minimum absolute atomic E-state index is 0.0812. The van der Waals surface area contributed by atoms with E-state index in [-0.39, 0.29) is 12.3 Å². The molecule has 6 heteroatoms. The summed E-state index contributed by atoms with van der Waals surface area (Å²) < 4.78 is 14.8. The van der Waals surface area contributed by atoms with Crippen LogP contribution in [-0.4, -0.2) is 31.1 Å². The molecule has 0 fully saturated rings. The van der Waals surface area contributed by atoms with Gasteiger partial charge in [-0.2, -0.15) is 0 Å². The van der Waals surface area contributed by atoms with Gasteiger partial charge in [-0.1, -0.05) is 12.1 Å². The third-order valence-corrected chi connectivity index (χ3v) is 2.57. The molecule has 0 N–H and O–H groups in total. The molecular weight excluding hydrogens is 274 g/mol. The summed E-state index contributed by atoms with van der Waals surface area (Å²) >= 11 is 0. The Labute approximate surface area is 122 Å². The molecule has 1 aliphatic rings. The van der Waals surface area contributed by atoms with E-state index in [1.165, 1.54) is 0 Å². The van der Waals surface area contributed by atoms with Crippen LogP contribution >= 0.6 is 0 Å². The Morgan fingerprint density at radius 2 is 2.05 bits per heavy atom. The first-order valence-corrected chi connectivity index (χ1v) is 6.46. The van der Waals surface area contributed by atoms with Gasteiger partial charge < -0.3 is 14.2 Å². The first-order valence-electron chi connectivity index (χ1n) is 6.46. The molecule has 1 aromatic rings. The quantitative estimate of drug-likeness (QED) is 0.470. The van der Waals surface area contributed by atoms with Crippen molar-refractivity contribution in [3.63, 3.8) is 0 Å². The average Bonchev–Trinajstić information content (AvgIpc) is 2.77. The maximum Gasteiger partial charge on any atom is 0.363 e. The van der Waals surface area contributed by atoms with E-state index >= 15 is 0 Å². The number of benzene rings is 1. The molecule has 0 amide bonds. The zero-order valence-corrected chi connectivity index (χ0v) is 11.8. The van der Waals surface area contributed by atoms with E-state index in [2.05, 4.69) is 4.99 Å². The molecule has 21 heavy (non-hydrogen) atoms. The van der Waals surface area contributed by atoms with E-state index in [1.807, 2.05) is 0 Å². The monoisotopic (exact) mass is 289 g/mol. The van der Waals surface area contributed by atoms with Crippen LogP contribution in [0.2, 0.25) is 0 Å². The van der Waals surface area contributed by atoms with Gasteiger partial charge in [-0.05, 0) is 30.7 Å². The number of hydrogen-bond acceptors (Lipinski definition) is 6. The summed E-state index contributed by atoms with van der Waals surface area (Å²) in [6.45, 7) is 3.78. The van der Waals surface area contributed by atoms with Gasteiger partial charge in [0.05, 0.1) is 0 Å². The number of carbonyl (C=O) groups excluding carboxylic acids is 2. The third kappa shape index (κ3) is 4.25. The van der Waals surface area contributed by atoms with Gasteiger partial charge in [-0.15, -0.1) is 0 Å². The van der Waals surface area contributed by atoms with Crippen LogP contribution in [0.25, 0.3) is 6.08 Å². The topological polar surface area (TPSA) is 74.2 Å². The summed E-state index contributed by atoms with van der Waals surface area (Å²) in [6.07, 6.45) is 1.60. The molecule has 1 heterocycles. The Bertz CT molecular complexity index is 601. The van der Waals surface area contributed by atoms with E-state index < -0.39 is 11.9 Å². The molecule has 0 bridgehead atoms. The van der Waals surface area contributed by atoms with Crippen molar-refractivity contribution in [3.8, 4) is 5.75 Å². The van der Waals surface area contributed by atoms with E-state index in [4.69, 9.17) is 14.2 Å². The number of nitrogens with zero attached hydrogens (tertiary/aromatic N) is 1. The van der Waals surface area contributed by atoms with Gasteiger partial charge in [0.25, 0.3) is 0 Å². The van der Waals surface area contributed by atoms with Crippen LogP contribution in [0.5, 0.6) is 5.75 Å². The highest BCUT2D eigenvalue weighted by Crippen LogP contribution is 2.18. The molecule has 0 aliphatic carbocycles. The second-order valence-electron chi connectivity index (χ2n) is 4.23. The Morgan fingerprint density at radius 1 is 1.33 bits per heavy atom. The summed E-state index contributed by atoms with van der Waals surface area (Å²) in [7, 11) is 0. The molecule has 1 aliphatic heterocycles. The normalized spacial score (nSPS) is 15.8. The molecule has 0 saturated carbocycles. The van der Waals surface area contributed by atoms with Crippen molar-refractivity contribution in [3.05, 3.63) is 35.5 Å². The van der Waals surface area contributed by atoms with Crippen LogP contribution < -0.4 is 4.74 Å². The van der Waals surface area contributed by atoms with E-state index in [0.29, 0.717) is 18.3 Å². The van der Waals surface area contributed by atoms with Crippen molar-refractivity contribution >= 4 is 23.9 Å². The number of ether oxygens (including phenoxy) is 3. The highest BCUT2D eigenvalue weighted by molar-refractivity contribution is 6.06. The predicted octanol–water partition coefficient (Wildman–Crippen LogP) is 1.94. The molecule has 2 rings (SSSR count). The molecule has 1 aromatic carbocycles. The molecular formula is C15H15NO5. The predicted molar refractivity (Wildman–Crippen MR) is 75.7 cm³/mol. The van der Waals surface area contributed by atoms with Gasteiger partial charge in [0, 0.05) is 13.5 Å². The minimum atomic E-state index is -0.472. The van der Waals surface area contributed by atoms with Crippen LogP contribution in [0.3, 0.4) is 0 Å². The fourth-order valence-electron chi connectivity index (χ4n) is 1.65. The van der Waals surface area contributed by atoms with Gasteiger partial charge in [0.15, 0.2) is 11.6 Å². The van der Waals surface area contributed by atoms with E-state index in [1.54, 1.807) is 44.2 Å². The molecule has 0 atom stereocenters. The van der Waals surface area contributed by atoms with Gasteiger partial charge in [0.1, 0.15) is 12.4 Å². The lowest BCUT2D eigenvalue weighted by Gasteiger charge is -2.04. The Hall–Kier alpha value is -2.47. The van der Waals surface area contributed by atoms with Gasteiger partial charge >= 0.3 is 11.9 Å². The number of carbonyl (C=O) groups is 2. The van der Waals surface area contributed by atoms with Crippen LogP contribution in [-0.2, 0) is 19.1 Å². The highest BCUT2D eigenvalue weighted by atomic mass is 16.6. The third-order valence-electron chi connectivity index (χ3n) is 2.57. The van der Waals surface area contributed by atoms with Crippen LogP contribution in [0.4, 0.5) is 0 Å². The summed E-state index contributed by atoms with van der Waals surface area (Å²) in [6, 6.07) is 6.69. The lowest BCUT2D eigenvalue weighted by atomic mass is 10.2. The van der Waals surface area contributed by atoms with E-state index in [0.717, 1.165) is 5.56 Å². The van der Waals surface area contributed by atoms with Crippen molar-refractivity contribution in [2.75, 3.05) is 13.2 Å². The average molecular weight is 289 g/mol. The Morgan fingerprint density at radius 3 is 2.62 bits per heavy atom. The SMILES string of the molecule is CCOCC(=O)Oc1ccc(/C=C2\N=C(C)OC2=O)cc1. The standard InChI is InChI=1S/C15H15NO5/c1-3-19-9-14(17)21-12-6-4-11(5-7-12)8-13-15(18)20-10(2)16-13/h4-8H,3,9H2,1-2H3/b13-8-. The highest BCUT2D eigenvalue weighted by Gasteiger charge is 2.19. The van der Waals surface area contributed by atoms with Crippen molar-refractivity contribution in [2.45, 2.75) is 13.8 Å². The summed E-state index contributed by atoms with van der Waals surface area (Å²) in [5.41, 5.74) is 0.999. The van der Waals surface area contributed by atoms with Crippen LogP contribution in [0.1, 0.15) is 19.4 Å². The summed E-state index contributed by atoms with van der Waals surface area (Å²) in [4.78, 5) is 26.8. The molecule has 0 unspecified atom stereocenters. The van der Waals surface area contributed by atoms with E-state index in [9.17, 15) is 9.59 Å². The first kappa shape index (κ1) is 14.9. The summed E-state index contributed by atoms with van der Waals surface area (Å²) in [5, 5.41) is 0. The molecule has 0 spiro atoms. The fourth-order valence-corrected chi connectivity index (χ4v) is 1.65. The zero-order valence-electron chi connectivity index (χ0n) is 11.8. The lowest BCUT2D eigenvalue weighted by Crippen LogP contribution is -2.15. The minimum Gasteiger partial charge on any atom is -0.425 e. The lowest BCUT2D eigenvalue weighted by molar-refractivity contribution is -0.139. The number of esters is 2. The van der Waals surface area contributed by atoms with Crippen molar-refractivity contribution in [1.82, 2.24) is 0 Å². The second-order valence-corrected chi connectivity index (χ2v) is 4.23. The largest absolute Gasteiger partial charge is 0.425 e. The smallest absolute Gasteiger partial charge is 0.363 e. The Kier molecular flexibility index (Phi) is 4.84. The molecule has 6 nitrogen and oxygen atoms in total. The van der Waals surface area contributed by atoms with Crippen LogP contribution in [0.15, 0.2) is 35.0 Å².